The third kappa shape index (κ3) is 1.82. The molecule has 0 radical (unpaired) electrons. The first-order valence-corrected chi connectivity index (χ1v) is 5.85. The molecule has 0 saturated carbocycles. The van der Waals surface area contributed by atoms with Crippen LogP contribution in [0.15, 0.2) is 18.2 Å². The topological polar surface area (TPSA) is 90.4 Å². The molecule has 1 heterocycles. The number of fused-ring (bicyclic) bond motifs is 3. The van der Waals surface area contributed by atoms with E-state index in [1.54, 1.807) is 12.1 Å². The average Bonchev–Trinajstić information content (AvgIpc) is 2.77. The van der Waals surface area contributed by atoms with Crippen molar-refractivity contribution in [2.24, 2.45) is 0 Å². The minimum absolute atomic E-state index is 0.0157. The summed E-state index contributed by atoms with van der Waals surface area (Å²) in [6.07, 6.45) is -4.57. The Bertz CT molecular complexity index is 919. The van der Waals surface area contributed by atoms with Crippen molar-refractivity contribution in [2.45, 2.75) is 6.18 Å². The minimum atomic E-state index is -4.57. The van der Waals surface area contributed by atoms with Crippen LogP contribution in [0, 0.1) is 22.7 Å². The van der Waals surface area contributed by atoms with Gasteiger partial charge in [0.15, 0.2) is 11.4 Å². The van der Waals surface area contributed by atoms with Gasteiger partial charge in [-0.2, -0.15) is 23.7 Å². The van der Waals surface area contributed by atoms with E-state index in [4.69, 9.17) is 10.5 Å². The van der Waals surface area contributed by atoms with Gasteiger partial charge in [0, 0.05) is 11.1 Å². The molecule has 2 aromatic rings. The smallest absolute Gasteiger partial charge is 0.287 e. The largest absolute Gasteiger partial charge is 0.416 e. The fraction of sp³-hybridized carbons (Fsp3) is 0.0714. The monoisotopic (exact) mass is 300 g/mol. The number of rotatable bonds is 0. The molecule has 3 rings (SSSR count). The van der Waals surface area contributed by atoms with Crippen molar-refractivity contribution in [3.05, 3.63) is 46.4 Å². The van der Waals surface area contributed by atoms with Crippen LogP contribution < -0.4 is 0 Å². The highest BCUT2D eigenvalue weighted by Gasteiger charge is 2.36. The molecule has 8 heteroatoms. The molecule has 0 fully saturated rings. The van der Waals surface area contributed by atoms with Gasteiger partial charge in [-0.1, -0.05) is 0 Å². The molecule has 0 saturated heterocycles. The summed E-state index contributed by atoms with van der Waals surface area (Å²) in [5.41, 5.74) is -1.95. The fourth-order valence-corrected chi connectivity index (χ4v) is 2.18. The predicted octanol–water partition coefficient (Wildman–Crippen LogP) is 2.45. The molecule has 0 aliphatic heterocycles. The van der Waals surface area contributed by atoms with Crippen LogP contribution in [0.25, 0.3) is 11.3 Å². The highest BCUT2D eigenvalue weighted by molar-refractivity contribution is 6.19. The Morgan fingerprint density at radius 1 is 0.955 bits per heavy atom. The molecular weight excluding hydrogens is 297 g/mol. The summed E-state index contributed by atoms with van der Waals surface area (Å²) in [7, 11) is 0. The summed E-state index contributed by atoms with van der Waals surface area (Å²) >= 11 is 0. The molecule has 1 aromatic carbocycles. The zero-order valence-corrected chi connectivity index (χ0v) is 10.6. The van der Waals surface area contributed by atoms with E-state index in [0.717, 1.165) is 18.2 Å². The zero-order valence-electron chi connectivity index (χ0n) is 10.6. The molecule has 1 aliphatic rings. The SMILES string of the molecule is N#Cc1nc2c(nc1C#N)-c1cc(C(F)(F)F)ccc1C2=O. The van der Waals surface area contributed by atoms with Crippen molar-refractivity contribution >= 4 is 5.78 Å². The van der Waals surface area contributed by atoms with Gasteiger partial charge < -0.3 is 0 Å². The number of nitriles is 2. The number of aromatic nitrogens is 2. The van der Waals surface area contributed by atoms with Crippen LogP contribution in [-0.4, -0.2) is 15.8 Å². The summed E-state index contributed by atoms with van der Waals surface area (Å²) in [4.78, 5) is 19.7. The van der Waals surface area contributed by atoms with Gasteiger partial charge in [0.2, 0.25) is 5.78 Å². The molecular formula is C14H3F3N4O. The minimum Gasteiger partial charge on any atom is -0.287 e. The van der Waals surface area contributed by atoms with E-state index in [0.29, 0.717) is 0 Å². The van der Waals surface area contributed by atoms with E-state index in [1.165, 1.54) is 0 Å². The Hall–Kier alpha value is -3.26. The van der Waals surface area contributed by atoms with Gasteiger partial charge in [-0.25, -0.2) is 9.97 Å². The zero-order chi connectivity index (χ0) is 16.1. The summed E-state index contributed by atoms with van der Waals surface area (Å²) in [6.45, 7) is 0. The number of nitrogens with zero attached hydrogens (tertiary/aromatic N) is 4. The summed E-state index contributed by atoms with van der Waals surface area (Å²) < 4.78 is 38.3. The van der Waals surface area contributed by atoms with E-state index in [1.807, 2.05) is 0 Å². The molecule has 0 bridgehead atoms. The van der Waals surface area contributed by atoms with E-state index in [-0.39, 0.29) is 33.9 Å². The van der Waals surface area contributed by atoms with Crippen LogP contribution >= 0.6 is 0 Å². The van der Waals surface area contributed by atoms with Crippen molar-refractivity contribution in [1.82, 2.24) is 9.97 Å². The highest BCUT2D eigenvalue weighted by Crippen LogP contribution is 2.39. The molecule has 0 amide bonds. The Morgan fingerprint density at radius 3 is 2.09 bits per heavy atom. The average molecular weight is 300 g/mol. The second kappa shape index (κ2) is 4.37. The number of alkyl halides is 3. The van der Waals surface area contributed by atoms with Gasteiger partial charge in [-0.05, 0) is 18.2 Å². The molecule has 0 spiro atoms. The van der Waals surface area contributed by atoms with Crippen molar-refractivity contribution in [3.63, 3.8) is 0 Å². The van der Waals surface area contributed by atoms with Gasteiger partial charge in [-0.3, -0.25) is 4.79 Å². The Labute approximate surface area is 121 Å². The number of hydrogen-bond donors (Lipinski definition) is 0. The number of benzene rings is 1. The quantitative estimate of drug-likeness (QED) is 0.636. The maximum atomic E-state index is 12.8. The van der Waals surface area contributed by atoms with Crippen molar-refractivity contribution < 1.29 is 18.0 Å². The molecule has 106 valence electrons. The van der Waals surface area contributed by atoms with Crippen LogP contribution in [0.4, 0.5) is 13.2 Å². The lowest BCUT2D eigenvalue weighted by Gasteiger charge is -2.08. The van der Waals surface area contributed by atoms with Crippen molar-refractivity contribution in [1.29, 1.82) is 10.5 Å². The number of carbonyl (C=O) groups is 1. The van der Waals surface area contributed by atoms with E-state index >= 15 is 0 Å². The first-order valence-electron chi connectivity index (χ1n) is 5.85. The number of halogens is 3. The van der Waals surface area contributed by atoms with Gasteiger partial charge in [0.05, 0.1) is 5.56 Å². The maximum absolute atomic E-state index is 12.8. The van der Waals surface area contributed by atoms with E-state index in [9.17, 15) is 18.0 Å². The normalized spacial score (nSPS) is 12.3. The van der Waals surface area contributed by atoms with Gasteiger partial charge in [-0.15, -0.1) is 0 Å². The van der Waals surface area contributed by atoms with E-state index in [2.05, 4.69) is 9.97 Å². The lowest BCUT2D eigenvalue weighted by molar-refractivity contribution is -0.137. The number of carbonyl (C=O) groups excluding carboxylic acids is 1. The van der Waals surface area contributed by atoms with Crippen LogP contribution in [0.1, 0.15) is 33.0 Å². The van der Waals surface area contributed by atoms with Crippen molar-refractivity contribution in [3.8, 4) is 23.4 Å². The first-order chi connectivity index (χ1) is 10.4. The molecule has 0 N–H and O–H groups in total. The molecule has 0 unspecified atom stereocenters. The summed E-state index contributed by atoms with van der Waals surface area (Å²) in [6, 6.07) is 5.89. The fourth-order valence-electron chi connectivity index (χ4n) is 2.18. The standard InChI is InChI=1S/C14H3F3N4O/c15-14(16,17)6-1-2-7-8(3-6)11-12(13(7)22)21-10(5-19)9(4-18)20-11/h1-3H. The second-order valence-corrected chi connectivity index (χ2v) is 4.43. The third-order valence-corrected chi connectivity index (χ3v) is 3.17. The van der Waals surface area contributed by atoms with Crippen LogP contribution in [0.3, 0.4) is 0 Å². The molecule has 1 aromatic heterocycles. The van der Waals surface area contributed by atoms with Crippen molar-refractivity contribution in [2.75, 3.05) is 0 Å². The Balaban J connectivity index is 2.31. The number of hydrogen-bond acceptors (Lipinski definition) is 5. The first kappa shape index (κ1) is 13.7. The van der Waals surface area contributed by atoms with Crippen LogP contribution in [0.2, 0.25) is 0 Å². The predicted molar refractivity (Wildman–Crippen MR) is 65.3 cm³/mol. The maximum Gasteiger partial charge on any atom is 0.416 e. The lowest BCUT2D eigenvalue weighted by atomic mass is 10.0. The second-order valence-electron chi connectivity index (χ2n) is 4.43. The molecule has 0 atom stereocenters. The summed E-state index contributed by atoms with van der Waals surface area (Å²) in [5.74, 6) is -0.618. The third-order valence-electron chi connectivity index (χ3n) is 3.17. The summed E-state index contributed by atoms with van der Waals surface area (Å²) in [5, 5.41) is 17.8. The van der Waals surface area contributed by atoms with E-state index < -0.39 is 17.5 Å². The van der Waals surface area contributed by atoms with Gasteiger partial charge >= 0.3 is 6.18 Å². The highest BCUT2D eigenvalue weighted by atomic mass is 19.4. The van der Waals surface area contributed by atoms with Crippen LogP contribution in [-0.2, 0) is 6.18 Å². The Morgan fingerprint density at radius 2 is 1.55 bits per heavy atom. The van der Waals surface area contributed by atoms with Gasteiger partial charge in [0.25, 0.3) is 0 Å². The van der Waals surface area contributed by atoms with Crippen LogP contribution in [0.5, 0.6) is 0 Å². The molecule has 1 aliphatic carbocycles. The number of ketones is 1. The molecule has 5 nitrogen and oxygen atoms in total. The van der Waals surface area contributed by atoms with Gasteiger partial charge in [0.1, 0.15) is 23.5 Å². The molecule has 22 heavy (non-hydrogen) atoms. The Kier molecular flexibility index (Phi) is 2.72. The lowest BCUT2D eigenvalue weighted by Crippen LogP contribution is -2.05.